The van der Waals surface area contributed by atoms with E-state index in [2.05, 4.69) is 9.71 Å². The van der Waals surface area contributed by atoms with Crippen molar-refractivity contribution < 1.29 is 13.2 Å². The number of pyridine rings is 1. The fourth-order valence-electron chi connectivity index (χ4n) is 1.52. The number of ether oxygens (including phenoxy) is 1. The number of aromatic nitrogens is 1. The van der Waals surface area contributed by atoms with Gasteiger partial charge in [0, 0.05) is 11.9 Å². The van der Waals surface area contributed by atoms with Gasteiger partial charge < -0.3 is 10.5 Å². The van der Waals surface area contributed by atoms with E-state index in [9.17, 15) is 8.42 Å². The van der Waals surface area contributed by atoms with E-state index in [1.165, 1.54) is 25.4 Å². The molecule has 6 nitrogen and oxygen atoms in total. The van der Waals surface area contributed by atoms with Crippen LogP contribution in [0.1, 0.15) is 0 Å². The SMILES string of the molecule is COc1ccc(N)cc1S(=O)(=O)Nc1ccccn1. The Labute approximate surface area is 111 Å². The Bertz CT molecular complexity index is 672. The van der Waals surface area contributed by atoms with Crippen molar-refractivity contribution in [1.82, 2.24) is 4.98 Å². The van der Waals surface area contributed by atoms with Gasteiger partial charge in [-0.2, -0.15) is 0 Å². The molecule has 7 heteroatoms. The molecule has 0 bridgehead atoms. The highest BCUT2D eigenvalue weighted by Gasteiger charge is 2.20. The summed E-state index contributed by atoms with van der Waals surface area (Å²) in [5.41, 5.74) is 5.94. The maximum absolute atomic E-state index is 12.2. The molecule has 0 spiro atoms. The summed E-state index contributed by atoms with van der Waals surface area (Å²) < 4.78 is 31.9. The van der Waals surface area contributed by atoms with Crippen LogP contribution in [0.25, 0.3) is 0 Å². The molecule has 0 saturated carbocycles. The van der Waals surface area contributed by atoms with Crippen LogP contribution in [0.4, 0.5) is 11.5 Å². The summed E-state index contributed by atoms with van der Waals surface area (Å²) in [5.74, 6) is 0.449. The zero-order valence-corrected chi connectivity index (χ0v) is 11.0. The number of sulfonamides is 1. The molecule has 0 fully saturated rings. The third kappa shape index (κ3) is 2.94. The van der Waals surface area contributed by atoms with Gasteiger partial charge in [-0.1, -0.05) is 6.07 Å². The van der Waals surface area contributed by atoms with Gasteiger partial charge in [0.15, 0.2) is 0 Å². The summed E-state index contributed by atoms with van der Waals surface area (Å²) in [6, 6.07) is 9.34. The lowest BCUT2D eigenvalue weighted by molar-refractivity contribution is 0.403. The molecule has 0 aliphatic heterocycles. The highest BCUT2D eigenvalue weighted by Crippen LogP contribution is 2.27. The molecule has 3 N–H and O–H groups in total. The third-order valence-corrected chi connectivity index (χ3v) is 3.76. The number of nitrogens with one attached hydrogen (secondary N) is 1. The number of benzene rings is 1. The Morgan fingerprint density at radius 2 is 2.05 bits per heavy atom. The van der Waals surface area contributed by atoms with Gasteiger partial charge >= 0.3 is 0 Å². The van der Waals surface area contributed by atoms with Crippen LogP contribution in [0.2, 0.25) is 0 Å². The second kappa shape index (κ2) is 5.15. The fourth-order valence-corrected chi connectivity index (χ4v) is 2.73. The molecule has 0 unspecified atom stereocenters. The number of methoxy groups -OCH3 is 1. The van der Waals surface area contributed by atoms with Crippen molar-refractivity contribution in [2.24, 2.45) is 0 Å². The topological polar surface area (TPSA) is 94.3 Å². The molecular weight excluding hydrogens is 266 g/mol. The maximum Gasteiger partial charge on any atom is 0.266 e. The van der Waals surface area contributed by atoms with Crippen molar-refractivity contribution in [2.45, 2.75) is 4.90 Å². The molecule has 1 heterocycles. The molecule has 0 aliphatic rings. The summed E-state index contributed by atoms with van der Waals surface area (Å²) in [6.07, 6.45) is 1.49. The summed E-state index contributed by atoms with van der Waals surface area (Å²) in [7, 11) is -2.40. The predicted molar refractivity (Wildman–Crippen MR) is 72.5 cm³/mol. The molecule has 0 aliphatic carbocycles. The zero-order valence-electron chi connectivity index (χ0n) is 10.2. The minimum Gasteiger partial charge on any atom is -0.495 e. The first kappa shape index (κ1) is 13.2. The molecule has 0 atom stereocenters. The number of rotatable bonds is 4. The normalized spacial score (nSPS) is 11.0. The Morgan fingerprint density at radius 3 is 2.68 bits per heavy atom. The second-order valence-corrected chi connectivity index (χ2v) is 5.38. The molecular formula is C12H13N3O3S. The average molecular weight is 279 g/mol. The first-order valence-corrected chi connectivity index (χ1v) is 6.88. The lowest BCUT2D eigenvalue weighted by atomic mass is 10.3. The fraction of sp³-hybridized carbons (Fsp3) is 0.0833. The predicted octanol–water partition coefficient (Wildman–Crippen LogP) is 1.47. The largest absolute Gasteiger partial charge is 0.495 e. The van der Waals surface area contributed by atoms with E-state index < -0.39 is 10.0 Å². The monoisotopic (exact) mass is 279 g/mol. The Balaban J connectivity index is 2.42. The van der Waals surface area contributed by atoms with E-state index in [4.69, 9.17) is 10.5 Å². The van der Waals surface area contributed by atoms with E-state index in [0.29, 0.717) is 5.69 Å². The van der Waals surface area contributed by atoms with Gasteiger partial charge in [-0.15, -0.1) is 0 Å². The standard InChI is InChI=1S/C12H13N3O3S/c1-18-10-6-5-9(13)8-11(10)19(16,17)15-12-4-2-3-7-14-12/h2-8H,13H2,1H3,(H,14,15). The van der Waals surface area contributed by atoms with Gasteiger partial charge in [0.2, 0.25) is 0 Å². The smallest absolute Gasteiger partial charge is 0.266 e. The van der Waals surface area contributed by atoms with Gasteiger partial charge in [-0.25, -0.2) is 13.4 Å². The van der Waals surface area contributed by atoms with E-state index >= 15 is 0 Å². The molecule has 19 heavy (non-hydrogen) atoms. The van der Waals surface area contributed by atoms with Crippen molar-refractivity contribution in [3.8, 4) is 5.75 Å². The van der Waals surface area contributed by atoms with Gasteiger partial charge in [-0.3, -0.25) is 4.72 Å². The third-order valence-electron chi connectivity index (χ3n) is 2.38. The molecule has 0 amide bonds. The lowest BCUT2D eigenvalue weighted by Gasteiger charge is -2.11. The Morgan fingerprint density at radius 1 is 1.26 bits per heavy atom. The van der Waals surface area contributed by atoms with E-state index in [1.807, 2.05) is 0 Å². The van der Waals surface area contributed by atoms with E-state index in [0.717, 1.165) is 0 Å². The Hall–Kier alpha value is -2.28. The quantitative estimate of drug-likeness (QED) is 0.826. The first-order valence-electron chi connectivity index (χ1n) is 5.40. The summed E-state index contributed by atoms with van der Waals surface area (Å²) >= 11 is 0. The highest BCUT2D eigenvalue weighted by molar-refractivity contribution is 7.92. The number of anilines is 2. The minimum absolute atomic E-state index is 0.0272. The lowest BCUT2D eigenvalue weighted by Crippen LogP contribution is -2.15. The van der Waals surface area contributed by atoms with Crippen LogP contribution < -0.4 is 15.2 Å². The highest BCUT2D eigenvalue weighted by atomic mass is 32.2. The van der Waals surface area contributed by atoms with E-state index in [1.54, 1.807) is 24.3 Å². The van der Waals surface area contributed by atoms with Crippen molar-refractivity contribution in [3.05, 3.63) is 42.6 Å². The van der Waals surface area contributed by atoms with Crippen LogP contribution in [-0.4, -0.2) is 20.5 Å². The van der Waals surface area contributed by atoms with E-state index in [-0.39, 0.29) is 16.5 Å². The van der Waals surface area contributed by atoms with Crippen molar-refractivity contribution in [2.75, 3.05) is 17.6 Å². The molecule has 100 valence electrons. The van der Waals surface area contributed by atoms with Crippen LogP contribution in [-0.2, 0) is 10.0 Å². The van der Waals surface area contributed by atoms with Gasteiger partial charge in [-0.05, 0) is 30.3 Å². The van der Waals surface area contributed by atoms with Crippen LogP contribution in [0, 0.1) is 0 Å². The molecule has 0 radical (unpaired) electrons. The molecule has 2 aromatic rings. The second-order valence-electron chi connectivity index (χ2n) is 3.73. The van der Waals surface area contributed by atoms with Crippen LogP contribution in [0.5, 0.6) is 5.75 Å². The van der Waals surface area contributed by atoms with Crippen molar-refractivity contribution in [3.63, 3.8) is 0 Å². The molecule has 1 aromatic carbocycles. The summed E-state index contributed by atoms with van der Waals surface area (Å²) in [5, 5.41) is 0. The molecule has 2 rings (SSSR count). The number of nitrogens with two attached hydrogens (primary N) is 1. The minimum atomic E-state index is -3.80. The summed E-state index contributed by atoms with van der Waals surface area (Å²) in [4.78, 5) is 3.88. The van der Waals surface area contributed by atoms with Gasteiger partial charge in [0.25, 0.3) is 10.0 Å². The van der Waals surface area contributed by atoms with Crippen LogP contribution in [0.3, 0.4) is 0 Å². The molecule has 1 aromatic heterocycles. The zero-order chi connectivity index (χ0) is 13.9. The number of nitrogens with zero attached hydrogens (tertiary/aromatic N) is 1. The number of hydrogen-bond donors (Lipinski definition) is 2. The molecule has 0 saturated heterocycles. The Kier molecular flexibility index (Phi) is 3.57. The van der Waals surface area contributed by atoms with Crippen LogP contribution >= 0.6 is 0 Å². The number of hydrogen-bond acceptors (Lipinski definition) is 5. The first-order chi connectivity index (χ1) is 9.03. The van der Waals surface area contributed by atoms with Crippen molar-refractivity contribution in [1.29, 1.82) is 0 Å². The van der Waals surface area contributed by atoms with Gasteiger partial charge in [0.1, 0.15) is 16.5 Å². The van der Waals surface area contributed by atoms with Crippen molar-refractivity contribution >= 4 is 21.5 Å². The summed E-state index contributed by atoms with van der Waals surface area (Å²) in [6.45, 7) is 0. The van der Waals surface area contributed by atoms with Gasteiger partial charge in [0.05, 0.1) is 7.11 Å². The average Bonchev–Trinajstić information content (AvgIpc) is 2.39. The maximum atomic E-state index is 12.2. The number of nitrogen functional groups attached to an aromatic ring is 1. The van der Waals surface area contributed by atoms with Crippen LogP contribution in [0.15, 0.2) is 47.5 Å².